The highest BCUT2D eigenvalue weighted by Crippen LogP contribution is 2.28. The van der Waals surface area contributed by atoms with Crippen molar-refractivity contribution in [3.8, 4) is 11.5 Å². The Bertz CT molecular complexity index is 423. The third kappa shape index (κ3) is 3.63. The molecule has 1 aromatic rings. The summed E-state index contributed by atoms with van der Waals surface area (Å²) in [6, 6.07) is 4.34. The van der Waals surface area contributed by atoms with E-state index in [1.54, 1.807) is 12.0 Å². The summed E-state index contributed by atoms with van der Waals surface area (Å²) in [6.45, 7) is 4.85. The average molecular weight is 281 g/mol. The summed E-state index contributed by atoms with van der Waals surface area (Å²) in [7, 11) is 1.58. The highest BCUT2D eigenvalue weighted by Gasteiger charge is 2.26. The molecule has 112 valence electrons. The maximum absolute atomic E-state index is 12.6. The van der Waals surface area contributed by atoms with E-state index in [1.165, 1.54) is 18.2 Å². The van der Waals surface area contributed by atoms with Gasteiger partial charge in [0.2, 0.25) is 0 Å². The topological polar surface area (TPSA) is 70.0 Å². The van der Waals surface area contributed by atoms with Crippen molar-refractivity contribution >= 4 is 5.91 Å². The lowest BCUT2D eigenvalue weighted by Gasteiger charge is -2.30. The number of carbonyl (C=O) groups is 1. The van der Waals surface area contributed by atoms with Crippen LogP contribution in [-0.2, 0) is 4.74 Å². The summed E-state index contributed by atoms with van der Waals surface area (Å²) >= 11 is 0. The molecule has 2 N–H and O–H groups in total. The zero-order valence-corrected chi connectivity index (χ0v) is 12.3. The Morgan fingerprint density at radius 2 is 1.80 bits per heavy atom. The molecule has 1 aromatic carbocycles. The van der Waals surface area contributed by atoms with Crippen LogP contribution in [0.3, 0.4) is 0 Å². The number of phenolic OH excluding ortho intramolecular Hbond substituents is 2. The molecule has 0 atom stereocenters. The predicted molar refractivity (Wildman–Crippen MR) is 77.1 cm³/mol. The lowest BCUT2D eigenvalue weighted by molar-refractivity contribution is 0.0583. The Hall–Kier alpha value is -1.75. The molecule has 0 spiro atoms. The fourth-order valence-electron chi connectivity index (χ4n) is 2.26. The number of hydrogen-bond donors (Lipinski definition) is 2. The Kier molecular flexibility index (Phi) is 6.31. The Balaban J connectivity index is 3.09. The van der Waals surface area contributed by atoms with Crippen LogP contribution in [-0.4, -0.2) is 47.3 Å². The van der Waals surface area contributed by atoms with Crippen LogP contribution in [0.5, 0.6) is 11.5 Å². The third-order valence-electron chi connectivity index (χ3n) is 3.41. The van der Waals surface area contributed by atoms with E-state index in [4.69, 9.17) is 4.74 Å². The fourth-order valence-corrected chi connectivity index (χ4v) is 2.26. The standard InChI is InChI=1S/C15H23NO4/c1-4-11(5-2)16(9-10-20-3)15(19)14-12(17)7-6-8-13(14)18/h6-8,11,17-18H,4-5,9-10H2,1-3H3. The van der Waals surface area contributed by atoms with Gasteiger partial charge in [0.05, 0.1) is 6.61 Å². The van der Waals surface area contributed by atoms with Gasteiger partial charge in [-0.25, -0.2) is 0 Å². The van der Waals surface area contributed by atoms with Gasteiger partial charge in [-0.2, -0.15) is 0 Å². The first-order valence-electron chi connectivity index (χ1n) is 6.87. The number of benzene rings is 1. The zero-order chi connectivity index (χ0) is 15.1. The van der Waals surface area contributed by atoms with E-state index in [0.29, 0.717) is 13.2 Å². The maximum Gasteiger partial charge on any atom is 0.261 e. The number of rotatable bonds is 7. The monoisotopic (exact) mass is 281 g/mol. The Labute approximate surface area is 119 Å². The van der Waals surface area contributed by atoms with Crippen molar-refractivity contribution in [2.24, 2.45) is 0 Å². The number of methoxy groups -OCH3 is 1. The van der Waals surface area contributed by atoms with Crippen molar-refractivity contribution in [2.45, 2.75) is 32.7 Å². The van der Waals surface area contributed by atoms with Crippen molar-refractivity contribution in [1.29, 1.82) is 0 Å². The SMILES string of the molecule is CCC(CC)N(CCOC)C(=O)c1c(O)cccc1O. The number of nitrogens with zero attached hydrogens (tertiary/aromatic N) is 1. The van der Waals surface area contributed by atoms with Gasteiger partial charge in [-0.1, -0.05) is 19.9 Å². The Morgan fingerprint density at radius 1 is 1.25 bits per heavy atom. The summed E-state index contributed by atoms with van der Waals surface area (Å²) in [5, 5.41) is 19.6. The van der Waals surface area contributed by atoms with E-state index in [0.717, 1.165) is 12.8 Å². The molecule has 0 aromatic heterocycles. The number of ether oxygens (including phenoxy) is 1. The van der Waals surface area contributed by atoms with Crippen LogP contribution in [0.4, 0.5) is 0 Å². The first-order valence-corrected chi connectivity index (χ1v) is 6.87. The van der Waals surface area contributed by atoms with Crippen molar-refractivity contribution in [3.63, 3.8) is 0 Å². The van der Waals surface area contributed by atoms with Crippen LogP contribution in [0.15, 0.2) is 18.2 Å². The summed E-state index contributed by atoms with van der Waals surface area (Å²) in [4.78, 5) is 14.3. The minimum absolute atomic E-state index is 0.0458. The average Bonchev–Trinajstić information content (AvgIpc) is 2.43. The van der Waals surface area contributed by atoms with E-state index in [9.17, 15) is 15.0 Å². The van der Waals surface area contributed by atoms with Crippen LogP contribution in [0.1, 0.15) is 37.0 Å². The lowest BCUT2D eigenvalue weighted by atomic mass is 10.1. The van der Waals surface area contributed by atoms with Gasteiger partial charge in [-0.15, -0.1) is 0 Å². The zero-order valence-electron chi connectivity index (χ0n) is 12.3. The van der Waals surface area contributed by atoms with Crippen molar-refractivity contribution in [3.05, 3.63) is 23.8 Å². The van der Waals surface area contributed by atoms with Gasteiger partial charge in [0.15, 0.2) is 0 Å². The predicted octanol–water partition coefficient (Wildman–Crippen LogP) is 2.38. The van der Waals surface area contributed by atoms with Gasteiger partial charge in [-0.3, -0.25) is 4.79 Å². The molecular formula is C15H23NO4. The van der Waals surface area contributed by atoms with E-state index in [1.807, 2.05) is 13.8 Å². The molecule has 5 heteroatoms. The molecule has 0 bridgehead atoms. The molecular weight excluding hydrogens is 258 g/mol. The molecule has 0 unspecified atom stereocenters. The van der Waals surface area contributed by atoms with Crippen LogP contribution in [0.2, 0.25) is 0 Å². The molecule has 0 saturated heterocycles. The van der Waals surface area contributed by atoms with Crippen LogP contribution in [0, 0.1) is 0 Å². The second-order valence-electron chi connectivity index (χ2n) is 4.63. The van der Waals surface area contributed by atoms with Gasteiger partial charge in [-0.05, 0) is 25.0 Å². The molecule has 1 rings (SSSR count). The first kappa shape index (κ1) is 16.3. The summed E-state index contributed by atoms with van der Waals surface area (Å²) in [6.07, 6.45) is 1.61. The third-order valence-corrected chi connectivity index (χ3v) is 3.41. The number of phenols is 2. The van der Waals surface area contributed by atoms with Gasteiger partial charge in [0, 0.05) is 19.7 Å². The van der Waals surface area contributed by atoms with Crippen LogP contribution >= 0.6 is 0 Å². The van der Waals surface area contributed by atoms with Gasteiger partial charge < -0.3 is 19.8 Å². The van der Waals surface area contributed by atoms with Crippen LogP contribution in [0.25, 0.3) is 0 Å². The highest BCUT2D eigenvalue weighted by molar-refractivity contribution is 5.99. The lowest BCUT2D eigenvalue weighted by Crippen LogP contribution is -2.41. The minimum atomic E-state index is -0.369. The van der Waals surface area contributed by atoms with Gasteiger partial charge >= 0.3 is 0 Å². The summed E-state index contributed by atoms with van der Waals surface area (Å²) in [5.41, 5.74) is -0.0458. The van der Waals surface area contributed by atoms with Crippen molar-refractivity contribution in [2.75, 3.05) is 20.3 Å². The van der Waals surface area contributed by atoms with Crippen LogP contribution < -0.4 is 0 Å². The quantitative estimate of drug-likeness (QED) is 0.805. The van der Waals surface area contributed by atoms with Crippen molar-refractivity contribution in [1.82, 2.24) is 4.90 Å². The largest absolute Gasteiger partial charge is 0.507 e. The molecule has 0 radical (unpaired) electrons. The highest BCUT2D eigenvalue weighted by atomic mass is 16.5. The maximum atomic E-state index is 12.6. The first-order chi connectivity index (χ1) is 9.56. The van der Waals surface area contributed by atoms with E-state index < -0.39 is 0 Å². The molecule has 0 aliphatic rings. The molecule has 0 aliphatic carbocycles. The van der Waals surface area contributed by atoms with E-state index in [2.05, 4.69) is 0 Å². The summed E-state index contributed by atoms with van der Waals surface area (Å²) < 4.78 is 5.04. The Morgan fingerprint density at radius 3 is 2.25 bits per heavy atom. The van der Waals surface area contributed by atoms with E-state index >= 15 is 0 Å². The smallest absolute Gasteiger partial charge is 0.261 e. The second kappa shape index (κ2) is 7.75. The molecule has 0 heterocycles. The molecule has 1 amide bonds. The van der Waals surface area contributed by atoms with Gasteiger partial charge in [0.1, 0.15) is 17.1 Å². The van der Waals surface area contributed by atoms with Crippen molar-refractivity contribution < 1.29 is 19.7 Å². The number of amides is 1. The van der Waals surface area contributed by atoms with E-state index in [-0.39, 0.29) is 29.0 Å². The van der Waals surface area contributed by atoms with Gasteiger partial charge in [0.25, 0.3) is 5.91 Å². The minimum Gasteiger partial charge on any atom is -0.507 e. The molecule has 0 saturated carbocycles. The second-order valence-corrected chi connectivity index (χ2v) is 4.63. The number of aromatic hydroxyl groups is 2. The molecule has 0 aliphatic heterocycles. The molecule has 0 fully saturated rings. The molecule has 20 heavy (non-hydrogen) atoms. The number of carbonyl (C=O) groups excluding carboxylic acids is 1. The number of hydrogen-bond acceptors (Lipinski definition) is 4. The summed E-state index contributed by atoms with van der Waals surface area (Å²) in [5.74, 6) is -0.780. The normalized spacial score (nSPS) is 10.8. The fraction of sp³-hybridized carbons (Fsp3) is 0.533. The molecule has 5 nitrogen and oxygen atoms in total.